The molecule has 0 unspecified atom stereocenters. The highest BCUT2D eigenvalue weighted by Crippen LogP contribution is 2.30. The van der Waals surface area contributed by atoms with Crippen molar-refractivity contribution < 1.29 is 12.9 Å². The molecule has 0 aliphatic carbocycles. The molecule has 3 aromatic carbocycles. The molecule has 1 saturated heterocycles. The Morgan fingerprint density at radius 1 is 0.952 bits per heavy atom. The fourth-order valence-electron chi connectivity index (χ4n) is 7.07. The molecule has 16 heteroatoms. The molecule has 1 aliphatic heterocycles. The van der Waals surface area contributed by atoms with E-state index in [1.54, 1.807) is 39.2 Å². The molecule has 4 heterocycles. The Balaban J connectivity index is 0.000000209. The quantitative estimate of drug-likeness (QED) is 0.0457. The van der Waals surface area contributed by atoms with Gasteiger partial charge in [-0.05, 0) is 110 Å². The topological polar surface area (TPSA) is 203 Å². The maximum atomic E-state index is 13.7. The Bertz CT molecular complexity index is 2600. The molecule has 7 N–H and O–H groups in total. The summed E-state index contributed by atoms with van der Waals surface area (Å²) in [5, 5.41) is 12.4. The normalized spacial score (nSPS) is 13.9. The van der Waals surface area contributed by atoms with Crippen LogP contribution in [0.1, 0.15) is 83.3 Å². The van der Waals surface area contributed by atoms with Crippen LogP contribution in [-0.4, -0.2) is 70.6 Å². The van der Waals surface area contributed by atoms with Crippen molar-refractivity contribution in [2.45, 2.75) is 95.7 Å². The highest BCUT2D eigenvalue weighted by molar-refractivity contribution is 7.89. The van der Waals surface area contributed by atoms with Crippen LogP contribution in [0.4, 0.5) is 0 Å². The summed E-state index contributed by atoms with van der Waals surface area (Å²) in [5.74, 6) is 0.705. The first-order valence-electron chi connectivity index (χ1n) is 20.9. The smallest absolute Gasteiger partial charge is 0.354 e. The summed E-state index contributed by atoms with van der Waals surface area (Å²) in [6, 6.07) is 26.1. The molecule has 7 rings (SSSR count). The second-order valence-corrected chi connectivity index (χ2v) is 20.0. The van der Waals surface area contributed by atoms with Gasteiger partial charge >= 0.3 is 5.69 Å². The van der Waals surface area contributed by atoms with Gasteiger partial charge in [-0.15, -0.1) is 0 Å². The SMILES string of the molecule is CC(C)(C)c1cc2cn(-c3ccc(CNCCCN=C(N)N)cc3)c(=O)nc2[nH]1.CC(C)(C)c1ccc(S(=O)(=O)N(Cc2cc(-c3ccc(Cl)cc3)on2)C2CCNCC2)cc1. The van der Waals surface area contributed by atoms with Gasteiger partial charge in [-0.25, -0.2) is 13.2 Å². The van der Waals surface area contributed by atoms with Crippen molar-refractivity contribution in [2.75, 3.05) is 26.2 Å². The highest BCUT2D eigenvalue weighted by Gasteiger charge is 2.33. The molecule has 14 nitrogen and oxygen atoms in total. The lowest BCUT2D eigenvalue weighted by molar-refractivity contribution is 0.251. The summed E-state index contributed by atoms with van der Waals surface area (Å²) < 4.78 is 36.2. The average molecular weight is 884 g/mol. The monoisotopic (exact) mass is 882 g/mol. The lowest BCUT2D eigenvalue weighted by Gasteiger charge is -2.33. The van der Waals surface area contributed by atoms with Crippen LogP contribution in [0.2, 0.25) is 5.02 Å². The van der Waals surface area contributed by atoms with Gasteiger partial charge in [0.25, 0.3) is 0 Å². The number of aromatic amines is 1. The van der Waals surface area contributed by atoms with E-state index in [0.29, 0.717) is 33.6 Å². The molecule has 62 heavy (non-hydrogen) atoms. The van der Waals surface area contributed by atoms with Crippen LogP contribution in [0, 0.1) is 0 Å². The zero-order chi connectivity index (χ0) is 44.7. The second kappa shape index (κ2) is 19.8. The molecule has 6 aromatic rings. The lowest BCUT2D eigenvalue weighted by atomic mass is 9.87. The number of halogens is 1. The van der Waals surface area contributed by atoms with Crippen molar-refractivity contribution in [2.24, 2.45) is 16.5 Å². The van der Waals surface area contributed by atoms with Gasteiger partial charge in [0, 0.05) is 58.5 Å². The molecule has 330 valence electrons. The zero-order valence-electron chi connectivity index (χ0n) is 36.4. The minimum Gasteiger partial charge on any atom is -0.370 e. The number of fused-ring (bicyclic) bond motifs is 1. The number of H-pyrrole nitrogens is 1. The fourth-order valence-corrected chi connectivity index (χ4v) is 8.85. The maximum absolute atomic E-state index is 13.7. The lowest BCUT2D eigenvalue weighted by Crippen LogP contribution is -2.45. The Morgan fingerprint density at radius 2 is 1.63 bits per heavy atom. The standard InChI is InChI=1S/C25H30ClN3O3S.C21H29N7O/c1-25(2,3)19-6-10-23(11-7-19)33(30,31)29(22-12-14-27-15-13-22)17-21-16-24(32-28-21)18-4-8-20(26)9-5-18;1-21(2,3)17-11-15-13-28(20(29)27-18(15)26-17)16-7-5-14(6-8-16)12-24-9-4-10-25-19(22)23/h4-11,16,22,27H,12-15,17H2,1-3H3;5-8,11,13,24H,4,9-10,12H2,1-3H3,(H4,22,23,25)(H,26,27,29). The molecular weight excluding hydrogens is 824 g/mol. The third-order valence-electron chi connectivity index (χ3n) is 10.7. The van der Waals surface area contributed by atoms with Gasteiger partial charge in [-0.2, -0.15) is 9.29 Å². The van der Waals surface area contributed by atoms with Gasteiger partial charge < -0.3 is 31.6 Å². The molecule has 1 aliphatic rings. The number of hydrogen-bond acceptors (Lipinski definition) is 9. The zero-order valence-corrected chi connectivity index (χ0v) is 38.0. The van der Waals surface area contributed by atoms with Gasteiger partial charge in [0.1, 0.15) is 5.65 Å². The fraction of sp³-hybridized carbons (Fsp3) is 0.391. The number of nitrogens with two attached hydrogens (primary N) is 2. The number of nitrogens with zero attached hydrogens (tertiary/aromatic N) is 5. The van der Waals surface area contributed by atoms with Gasteiger partial charge in [-0.1, -0.05) is 82.6 Å². The minimum atomic E-state index is -3.72. The number of guanidine groups is 1. The van der Waals surface area contributed by atoms with Gasteiger partial charge in [0.2, 0.25) is 10.0 Å². The van der Waals surface area contributed by atoms with Crippen molar-refractivity contribution in [3.63, 3.8) is 0 Å². The molecule has 0 atom stereocenters. The van der Waals surface area contributed by atoms with Crippen LogP contribution in [0.25, 0.3) is 28.0 Å². The molecule has 3 aromatic heterocycles. The molecule has 0 bridgehead atoms. The molecule has 0 saturated carbocycles. The number of aromatic nitrogens is 4. The van der Waals surface area contributed by atoms with Gasteiger partial charge in [-0.3, -0.25) is 9.56 Å². The molecule has 0 radical (unpaired) electrons. The van der Waals surface area contributed by atoms with Crippen molar-refractivity contribution in [3.05, 3.63) is 129 Å². The van der Waals surface area contributed by atoms with E-state index in [0.717, 1.165) is 78.9 Å². The minimum absolute atomic E-state index is 0.0352. The summed E-state index contributed by atoms with van der Waals surface area (Å²) in [6.07, 6.45) is 4.21. The number of benzene rings is 3. The van der Waals surface area contributed by atoms with E-state index < -0.39 is 10.0 Å². The maximum Gasteiger partial charge on any atom is 0.354 e. The van der Waals surface area contributed by atoms with E-state index in [2.05, 4.69) is 78.4 Å². The number of aliphatic imine (C=N–C) groups is 1. The third kappa shape index (κ3) is 12.0. The summed E-state index contributed by atoms with van der Waals surface area (Å²) in [6.45, 7) is 16.6. The van der Waals surface area contributed by atoms with Crippen molar-refractivity contribution in [3.8, 4) is 17.0 Å². The van der Waals surface area contributed by atoms with Crippen LogP contribution in [-0.2, 0) is 33.9 Å². The highest BCUT2D eigenvalue weighted by atomic mass is 35.5. The summed E-state index contributed by atoms with van der Waals surface area (Å²) >= 11 is 5.98. The average Bonchev–Trinajstić information content (AvgIpc) is 3.89. The number of nitrogens with one attached hydrogen (secondary N) is 3. The number of hydrogen-bond donors (Lipinski definition) is 5. The van der Waals surface area contributed by atoms with Crippen LogP contribution < -0.4 is 27.8 Å². The summed E-state index contributed by atoms with van der Waals surface area (Å²) in [4.78, 5) is 24.2. The van der Waals surface area contributed by atoms with Crippen molar-refractivity contribution in [1.82, 2.24) is 34.6 Å². The second-order valence-electron chi connectivity index (χ2n) is 17.6. The largest absolute Gasteiger partial charge is 0.370 e. The first kappa shape index (κ1) is 46.2. The summed E-state index contributed by atoms with van der Waals surface area (Å²) in [7, 11) is -3.72. The van der Waals surface area contributed by atoms with E-state index in [9.17, 15) is 13.2 Å². The van der Waals surface area contributed by atoms with E-state index >= 15 is 0 Å². The van der Waals surface area contributed by atoms with Gasteiger partial charge in [0.15, 0.2) is 11.7 Å². The Kier molecular flexibility index (Phi) is 14.8. The first-order chi connectivity index (χ1) is 29.4. The molecule has 1 fully saturated rings. The third-order valence-corrected chi connectivity index (χ3v) is 12.9. The molecular formula is C46H59ClN10O4S. The van der Waals surface area contributed by atoms with E-state index in [-0.39, 0.29) is 35.1 Å². The summed E-state index contributed by atoms with van der Waals surface area (Å²) in [5.41, 5.74) is 16.3. The number of rotatable bonds is 13. The predicted octanol–water partition coefficient (Wildman–Crippen LogP) is 7.00. The number of sulfonamides is 1. The predicted molar refractivity (Wildman–Crippen MR) is 248 cm³/mol. The van der Waals surface area contributed by atoms with Crippen molar-refractivity contribution >= 4 is 38.6 Å². The molecule has 0 spiro atoms. The van der Waals surface area contributed by atoms with Crippen molar-refractivity contribution in [1.29, 1.82) is 0 Å². The van der Waals surface area contributed by atoms with E-state index in [1.807, 2.05) is 54.7 Å². The van der Waals surface area contributed by atoms with Crippen LogP contribution in [0.3, 0.4) is 0 Å². The molecule has 0 amide bonds. The van der Waals surface area contributed by atoms with Gasteiger partial charge in [0.05, 0.1) is 22.8 Å². The Morgan fingerprint density at radius 3 is 2.26 bits per heavy atom. The van der Waals surface area contributed by atoms with E-state index in [1.165, 1.54) is 0 Å². The Hall–Kier alpha value is -5.32. The first-order valence-corrected chi connectivity index (χ1v) is 22.7. The number of piperidine rings is 1. The van der Waals surface area contributed by atoms with Crippen LogP contribution in [0.15, 0.2) is 110 Å². The Labute approximate surface area is 369 Å². The van der Waals surface area contributed by atoms with E-state index in [4.69, 9.17) is 27.6 Å². The van der Waals surface area contributed by atoms with Crippen LogP contribution in [0.5, 0.6) is 0 Å². The van der Waals surface area contributed by atoms with Crippen LogP contribution >= 0.6 is 11.6 Å².